The van der Waals surface area contributed by atoms with Crippen molar-refractivity contribution >= 4 is 23.3 Å². The van der Waals surface area contributed by atoms with E-state index in [9.17, 15) is 19.5 Å². The number of ether oxygens (including phenoxy) is 1. The number of esters is 1. The molecule has 0 spiro atoms. The predicted molar refractivity (Wildman–Crippen MR) is 187 cm³/mol. The number of unbranched alkanes of at least 4 members (excludes halogenated alkanes) is 15. The van der Waals surface area contributed by atoms with Gasteiger partial charge in [-0.3, -0.25) is 9.59 Å². The molecule has 0 saturated heterocycles. The summed E-state index contributed by atoms with van der Waals surface area (Å²) in [4.78, 5) is 35.1. The van der Waals surface area contributed by atoms with Crippen molar-refractivity contribution in [1.29, 1.82) is 0 Å². The molecule has 0 aliphatic heterocycles. The molecule has 2 rings (SSSR count). The van der Waals surface area contributed by atoms with Crippen molar-refractivity contribution in [3.05, 3.63) is 84.0 Å². The Morgan fingerprint density at radius 1 is 0.778 bits per heavy atom. The van der Waals surface area contributed by atoms with Crippen LogP contribution in [0.2, 0.25) is 0 Å². The number of hydrogen-bond donors (Lipinski definition) is 2. The molecule has 0 saturated carbocycles. The second-order valence-corrected chi connectivity index (χ2v) is 11.7. The van der Waals surface area contributed by atoms with E-state index in [4.69, 9.17) is 4.74 Å². The molecule has 2 aromatic carbocycles. The minimum Gasteiger partial charge on any atom is -0.506 e. The number of benzene rings is 2. The van der Waals surface area contributed by atoms with Crippen molar-refractivity contribution in [1.82, 2.24) is 0 Å². The fraction of sp³-hybridized carbons (Fsp3) is 0.513. The highest BCUT2D eigenvalue weighted by Gasteiger charge is 2.17. The van der Waals surface area contributed by atoms with Crippen LogP contribution in [0.3, 0.4) is 0 Å². The first-order valence-corrected chi connectivity index (χ1v) is 16.9. The average Bonchev–Trinajstić information content (AvgIpc) is 3.04. The van der Waals surface area contributed by atoms with E-state index in [1.165, 1.54) is 102 Å². The van der Waals surface area contributed by atoms with E-state index in [1.807, 2.05) is 6.07 Å². The van der Waals surface area contributed by atoms with E-state index in [1.54, 1.807) is 44.2 Å². The Labute approximate surface area is 272 Å². The molecule has 0 aliphatic carbocycles. The fourth-order valence-electron chi connectivity index (χ4n) is 4.96. The van der Waals surface area contributed by atoms with Crippen molar-refractivity contribution in [2.75, 3.05) is 11.9 Å². The van der Waals surface area contributed by atoms with Gasteiger partial charge >= 0.3 is 5.97 Å². The molecule has 2 aromatic rings. The summed E-state index contributed by atoms with van der Waals surface area (Å²) in [6.07, 6.45) is 22.8. The van der Waals surface area contributed by atoms with Crippen LogP contribution in [0, 0.1) is 6.92 Å². The Hall–Kier alpha value is -3.67. The molecule has 45 heavy (non-hydrogen) atoms. The number of phenols is 1. The highest BCUT2D eigenvalue weighted by molar-refractivity contribution is 6.11. The summed E-state index contributed by atoms with van der Waals surface area (Å²) >= 11 is 0. The SMILES string of the molecule is C=C(C)C(=O)OCCCCCCCCCCCCCCCCCC.C=CC(=O)Nc1c(O)ccc(C(=O)c2ccccc2)c1C. The lowest BCUT2D eigenvalue weighted by Gasteiger charge is -2.13. The number of amides is 1. The predicted octanol–water partition coefficient (Wildman–Crippen LogP) is 10.4. The van der Waals surface area contributed by atoms with Crippen molar-refractivity contribution in [2.45, 2.75) is 124 Å². The molecule has 0 aliphatic rings. The van der Waals surface area contributed by atoms with E-state index in [2.05, 4.69) is 25.4 Å². The van der Waals surface area contributed by atoms with E-state index >= 15 is 0 Å². The summed E-state index contributed by atoms with van der Waals surface area (Å²) in [5.74, 6) is -0.955. The topological polar surface area (TPSA) is 92.7 Å². The fourth-order valence-corrected chi connectivity index (χ4v) is 4.96. The zero-order chi connectivity index (χ0) is 33.3. The lowest BCUT2D eigenvalue weighted by Crippen LogP contribution is -2.11. The molecule has 0 radical (unpaired) electrons. The lowest BCUT2D eigenvalue weighted by atomic mass is 9.97. The van der Waals surface area contributed by atoms with Gasteiger partial charge in [0.1, 0.15) is 5.75 Å². The maximum Gasteiger partial charge on any atom is 0.333 e. The molecule has 0 atom stereocenters. The van der Waals surface area contributed by atoms with Gasteiger partial charge in [-0.2, -0.15) is 0 Å². The first-order chi connectivity index (χ1) is 21.7. The van der Waals surface area contributed by atoms with E-state index < -0.39 is 5.91 Å². The normalized spacial score (nSPS) is 10.4. The number of ketones is 1. The Balaban J connectivity index is 0.000000453. The molecule has 0 fully saturated rings. The zero-order valence-corrected chi connectivity index (χ0v) is 28.1. The van der Waals surface area contributed by atoms with Crippen molar-refractivity contribution in [2.24, 2.45) is 0 Å². The molecule has 0 bridgehead atoms. The van der Waals surface area contributed by atoms with Crippen LogP contribution in [-0.2, 0) is 14.3 Å². The first-order valence-electron chi connectivity index (χ1n) is 16.9. The van der Waals surface area contributed by atoms with E-state index in [0.29, 0.717) is 28.9 Å². The summed E-state index contributed by atoms with van der Waals surface area (Å²) in [5.41, 5.74) is 2.21. The van der Waals surface area contributed by atoms with Crippen LogP contribution in [0.25, 0.3) is 0 Å². The summed E-state index contributed by atoms with van der Waals surface area (Å²) in [6.45, 7) is 13.1. The van der Waals surface area contributed by atoms with Gasteiger partial charge in [0.15, 0.2) is 5.78 Å². The first kappa shape index (κ1) is 39.4. The third-order valence-corrected chi connectivity index (χ3v) is 7.74. The molecule has 6 heteroatoms. The summed E-state index contributed by atoms with van der Waals surface area (Å²) < 4.78 is 5.08. The number of rotatable bonds is 22. The highest BCUT2D eigenvalue weighted by Crippen LogP contribution is 2.31. The van der Waals surface area contributed by atoms with Crippen LogP contribution in [0.15, 0.2) is 67.3 Å². The van der Waals surface area contributed by atoms with Gasteiger partial charge < -0.3 is 15.2 Å². The van der Waals surface area contributed by atoms with E-state index in [0.717, 1.165) is 12.5 Å². The molecule has 2 N–H and O–H groups in total. The van der Waals surface area contributed by atoms with Gasteiger partial charge in [0.2, 0.25) is 5.91 Å². The molecule has 0 unspecified atom stereocenters. The van der Waals surface area contributed by atoms with Gasteiger partial charge in [-0.1, -0.05) is 147 Å². The maximum absolute atomic E-state index is 12.5. The minimum absolute atomic E-state index is 0.0905. The smallest absolute Gasteiger partial charge is 0.333 e. The standard InChI is InChI=1S/C22H42O2.C17H15NO3/c1-4-5-6-7-8-9-10-11-12-13-14-15-16-17-18-19-20-24-22(23)21(2)3;1-3-15(20)18-16-11(2)13(9-10-14(16)19)17(21)12-7-5-4-6-8-12/h2,4-20H2,1,3H3;3-10,19H,1H2,2H3,(H,18,20). The maximum atomic E-state index is 12.5. The molecular weight excluding hydrogens is 562 g/mol. The summed E-state index contributed by atoms with van der Waals surface area (Å²) in [5, 5.41) is 12.4. The van der Waals surface area contributed by atoms with Crippen LogP contribution in [0.5, 0.6) is 5.75 Å². The average molecular weight is 620 g/mol. The second kappa shape index (κ2) is 24.6. The Kier molecular flexibility index (Phi) is 21.5. The van der Waals surface area contributed by atoms with Crippen molar-refractivity contribution in [3.63, 3.8) is 0 Å². The quantitative estimate of drug-likeness (QED) is 0.0450. The Bertz CT molecular complexity index is 1170. The number of carbonyl (C=O) groups is 3. The van der Waals surface area contributed by atoms with Gasteiger partial charge in [0.25, 0.3) is 0 Å². The number of nitrogens with one attached hydrogen (secondary N) is 1. The van der Waals surface area contributed by atoms with Crippen molar-refractivity contribution in [3.8, 4) is 5.75 Å². The third-order valence-electron chi connectivity index (χ3n) is 7.74. The third kappa shape index (κ3) is 17.4. The Morgan fingerprint density at radius 2 is 1.27 bits per heavy atom. The number of anilines is 1. The van der Waals surface area contributed by atoms with Crippen molar-refractivity contribution < 1.29 is 24.2 Å². The van der Waals surface area contributed by atoms with E-state index in [-0.39, 0.29) is 23.2 Å². The molecule has 0 aromatic heterocycles. The number of hydrogen-bond acceptors (Lipinski definition) is 5. The molecule has 6 nitrogen and oxygen atoms in total. The van der Waals surface area contributed by atoms with Crippen LogP contribution in [-0.4, -0.2) is 29.4 Å². The van der Waals surface area contributed by atoms with Gasteiger partial charge in [-0.15, -0.1) is 0 Å². The molecular formula is C39H57NO5. The number of phenolic OH excluding ortho intramolecular Hbond substituents is 1. The van der Waals surface area contributed by atoms with Gasteiger partial charge in [-0.05, 0) is 44.0 Å². The lowest BCUT2D eigenvalue weighted by molar-refractivity contribution is -0.139. The van der Waals surface area contributed by atoms with Crippen LogP contribution in [0.4, 0.5) is 5.69 Å². The molecule has 0 heterocycles. The summed E-state index contributed by atoms with van der Waals surface area (Å²) in [7, 11) is 0. The highest BCUT2D eigenvalue weighted by atomic mass is 16.5. The van der Waals surface area contributed by atoms with Gasteiger partial charge in [0.05, 0.1) is 12.3 Å². The number of carbonyl (C=O) groups excluding carboxylic acids is 3. The molecule has 248 valence electrons. The van der Waals surface area contributed by atoms with Crippen LogP contribution >= 0.6 is 0 Å². The summed E-state index contributed by atoms with van der Waals surface area (Å²) in [6, 6.07) is 11.8. The molecule has 1 amide bonds. The zero-order valence-electron chi connectivity index (χ0n) is 28.1. The van der Waals surface area contributed by atoms with Crippen LogP contribution in [0.1, 0.15) is 138 Å². The van der Waals surface area contributed by atoms with Crippen LogP contribution < -0.4 is 5.32 Å². The number of aromatic hydroxyl groups is 1. The monoisotopic (exact) mass is 619 g/mol. The second-order valence-electron chi connectivity index (χ2n) is 11.7. The largest absolute Gasteiger partial charge is 0.506 e. The van der Waals surface area contributed by atoms with Gasteiger partial charge in [0, 0.05) is 16.7 Å². The minimum atomic E-state index is -0.447. The van der Waals surface area contributed by atoms with Gasteiger partial charge in [-0.25, -0.2) is 4.79 Å². The Morgan fingerprint density at radius 3 is 1.73 bits per heavy atom.